The zero-order valence-electron chi connectivity index (χ0n) is 10.9. The molecule has 0 spiro atoms. The Morgan fingerprint density at radius 3 is 2.63 bits per heavy atom. The van der Waals surface area contributed by atoms with Gasteiger partial charge in [-0.25, -0.2) is 4.98 Å². The summed E-state index contributed by atoms with van der Waals surface area (Å²) < 4.78 is 1.96. The van der Waals surface area contributed by atoms with Gasteiger partial charge in [0.2, 0.25) is 0 Å². The first-order valence-corrected chi connectivity index (χ1v) is 7.90. The molecule has 0 aliphatic rings. The third kappa shape index (κ3) is 4.05. The van der Waals surface area contributed by atoms with Gasteiger partial charge in [-0.2, -0.15) is 5.10 Å². The number of hydrogen-bond acceptors (Lipinski definition) is 2. The first-order valence-electron chi connectivity index (χ1n) is 6.40. The van der Waals surface area contributed by atoms with Gasteiger partial charge >= 0.3 is 0 Å². The van der Waals surface area contributed by atoms with Gasteiger partial charge in [-0.05, 0) is 37.0 Å². The Bertz CT molecular complexity index is 510. The lowest BCUT2D eigenvalue weighted by atomic mass is 9.98. The monoisotopic (exact) mass is 341 g/mol. The topological polar surface area (TPSA) is 30.7 Å². The lowest BCUT2D eigenvalue weighted by molar-refractivity contribution is 0.528. The molecule has 0 N–H and O–H groups in total. The van der Waals surface area contributed by atoms with Crippen LogP contribution in [0.4, 0.5) is 0 Å². The number of rotatable bonds is 6. The van der Waals surface area contributed by atoms with E-state index in [1.807, 2.05) is 16.8 Å². The molecule has 0 amide bonds. The van der Waals surface area contributed by atoms with Crippen LogP contribution < -0.4 is 0 Å². The van der Waals surface area contributed by atoms with Crippen molar-refractivity contribution in [2.24, 2.45) is 5.92 Å². The van der Waals surface area contributed by atoms with Crippen molar-refractivity contribution >= 4 is 27.5 Å². The van der Waals surface area contributed by atoms with E-state index in [-0.39, 0.29) is 0 Å². The van der Waals surface area contributed by atoms with Crippen molar-refractivity contribution in [3.63, 3.8) is 0 Å². The van der Waals surface area contributed by atoms with Gasteiger partial charge in [-0.15, -0.1) is 0 Å². The molecule has 0 radical (unpaired) electrons. The molecule has 0 saturated carbocycles. The first-order chi connectivity index (χ1) is 9.22. The molecule has 1 atom stereocenters. The number of hydrogen-bond donors (Lipinski definition) is 0. The van der Waals surface area contributed by atoms with E-state index in [0.717, 1.165) is 35.6 Å². The van der Waals surface area contributed by atoms with Crippen molar-refractivity contribution in [2.45, 2.75) is 26.3 Å². The highest BCUT2D eigenvalue weighted by molar-refractivity contribution is 9.09. The fraction of sp³-hybridized carbons (Fsp3) is 0.429. The van der Waals surface area contributed by atoms with Gasteiger partial charge in [0.15, 0.2) is 0 Å². The molecule has 1 unspecified atom stereocenters. The molecule has 5 heteroatoms. The number of benzene rings is 1. The van der Waals surface area contributed by atoms with Crippen LogP contribution in [0.2, 0.25) is 5.02 Å². The van der Waals surface area contributed by atoms with E-state index in [0.29, 0.717) is 5.92 Å². The molecule has 1 aromatic carbocycles. The van der Waals surface area contributed by atoms with Crippen molar-refractivity contribution in [1.29, 1.82) is 0 Å². The third-order valence-electron chi connectivity index (χ3n) is 3.12. The Morgan fingerprint density at radius 1 is 1.26 bits per heavy atom. The van der Waals surface area contributed by atoms with E-state index in [1.54, 1.807) is 6.33 Å². The number of alkyl halides is 1. The average molecular weight is 343 g/mol. The SMILES string of the molecule is CCn1ncnc1CC(CBr)Cc1ccc(Cl)cc1. The van der Waals surface area contributed by atoms with Gasteiger partial charge in [0, 0.05) is 23.3 Å². The fourth-order valence-corrected chi connectivity index (χ4v) is 2.69. The Morgan fingerprint density at radius 2 is 2.00 bits per heavy atom. The van der Waals surface area contributed by atoms with Crippen LogP contribution in [0.1, 0.15) is 18.3 Å². The highest BCUT2D eigenvalue weighted by Crippen LogP contribution is 2.17. The molecular weight excluding hydrogens is 326 g/mol. The normalized spacial score (nSPS) is 12.6. The Balaban J connectivity index is 2.02. The Hall–Kier alpha value is -0.870. The van der Waals surface area contributed by atoms with Crippen LogP contribution in [0.3, 0.4) is 0 Å². The summed E-state index contributed by atoms with van der Waals surface area (Å²) in [7, 11) is 0. The minimum absolute atomic E-state index is 0.510. The highest BCUT2D eigenvalue weighted by atomic mass is 79.9. The van der Waals surface area contributed by atoms with Crippen molar-refractivity contribution in [1.82, 2.24) is 14.8 Å². The molecular formula is C14H17BrClN3. The van der Waals surface area contributed by atoms with Gasteiger partial charge in [0.05, 0.1) is 0 Å². The summed E-state index contributed by atoms with van der Waals surface area (Å²) in [6, 6.07) is 8.05. The number of halogens is 2. The van der Waals surface area contributed by atoms with Gasteiger partial charge in [-0.1, -0.05) is 39.7 Å². The van der Waals surface area contributed by atoms with Gasteiger partial charge < -0.3 is 0 Å². The van der Waals surface area contributed by atoms with Gasteiger partial charge in [0.25, 0.3) is 0 Å². The van der Waals surface area contributed by atoms with Crippen molar-refractivity contribution in [2.75, 3.05) is 5.33 Å². The van der Waals surface area contributed by atoms with Gasteiger partial charge in [-0.3, -0.25) is 4.68 Å². The summed E-state index contributed by atoms with van der Waals surface area (Å²) in [4.78, 5) is 4.34. The second-order valence-electron chi connectivity index (χ2n) is 4.55. The number of aryl methyl sites for hydroxylation is 1. The quantitative estimate of drug-likeness (QED) is 0.749. The molecule has 19 heavy (non-hydrogen) atoms. The van der Waals surface area contributed by atoms with E-state index >= 15 is 0 Å². The molecule has 1 heterocycles. The van der Waals surface area contributed by atoms with Crippen LogP contribution in [-0.4, -0.2) is 20.1 Å². The first kappa shape index (κ1) is 14.5. The molecule has 2 aromatic rings. The summed E-state index contributed by atoms with van der Waals surface area (Å²) in [5.74, 6) is 1.57. The molecule has 0 fully saturated rings. The Labute approximate surface area is 127 Å². The predicted molar refractivity (Wildman–Crippen MR) is 81.8 cm³/mol. The second-order valence-corrected chi connectivity index (χ2v) is 5.63. The second kappa shape index (κ2) is 7.06. The zero-order chi connectivity index (χ0) is 13.7. The van der Waals surface area contributed by atoms with Crippen LogP contribution in [0, 0.1) is 5.92 Å². The maximum Gasteiger partial charge on any atom is 0.138 e. The van der Waals surface area contributed by atoms with E-state index < -0.39 is 0 Å². The molecule has 1 aromatic heterocycles. The maximum atomic E-state index is 5.91. The van der Waals surface area contributed by atoms with Crippen molar-refractivity contribution in [3.05, 3.63) is 47.0 Å². The number of nitrogens with zero attached hydrogens (tertiary/aromatic N) is 3. The standard InChI is InChI=1S/C14H17BrClN3/c1-2-19-14(17-10-18-19)8-12(9-15)7-11-3-5-13(16)6-4-11/h3-6,10,12H,2,7-9H2,1H3. The minimum atomic E-state index is 0.510. The summed E-state index contributed by atoms with van der Waals surface area (Å²) >= 11 is 9.50. The minimum Gasteiger partial charge on any atom is -0.250 e. The molecule has 0 saturated heterocycles. The maximum absolute atomic E-state index is 5.91. The summed E-state index contributed by atoms with van der Waals surface area (Å²) in [5.41, 5.74) is 1.30. The smallest absolute Gasteiger partial charge is 0.138 e. The van der Waals surface area contributed by atoms with Crippen molar-refractivity contribution < 1.29 is 0 Å². The molecule has 0 aliphatic heterocycles. The fourth-order valence-electron chi connectivity index (χ4n) is 2.10. The highest BCUT2D eigenvalue weighted by Gasteiger charge is 2.13. The number of aromatic nitrogens is 3. The molecule has 102 valence electrons. The van der Waals surface area contributed by atoms with Crippen LogP contribution >= 0.6 is 27.5 Å². The lowest BCUT2D eigenvalue weighted by Crippen LogP contribution is -2.14. The van der Waals surface area contributed by atoms with E-state index in [9.17, 15) is 0 Å². The third-order valence-corrected chi connectivity index (χ3v) is 4.29. The molecule has 0 aliphatic carbocycles. The lowest BCUT2D eigenvalue weighted by Gasteiger charge is -2.14. The van der Waals surface area contributed by atoms with Crippen molar-refractivity contribution in [3.8, 4) is 0 Å². The summed E-state index contributed by atoms with van der Waals surface area (Å²) in [5, 5.41) is 5.95. The van der Waals surface area contributed by atoms with Gasteiger partial charge in [0.1, 0.15) is 12.2 Å². The van der Waals surface area contributed by atoms with Crippen LogP contribution in [-0.2, 0) is 19.4 Å². The predicted octanol–water partition coefficient (Wildman–Crippen LogP) is 3.75. The van der Waals surface area contributed by atoms with Crippen LogP contribution in [0.25, 0.3) is 0 Å². The molecule has 2 rings (SSSR count). The van der Waals surface area contributed by atoms with E-state index in [4.69, 9.17) is 11.6 Å². The summed E-state index contributed by atoms with van der Waals surface area (Å²) in [6.45, 7) is 2.95. The Kier molecular flexibility index (Phi) is 5.40. The molecule has 0 bridgehead atoms. The molecule has 3 nitrogen and oxygen atoms in total. The average Bonchev–Trinajstić information content (AvgIpc) is 2.87. The largest absolute Gasteiger partial charge is 0.250 e. The van der Waals surface area contributed by atoms with E-state index in [1.165, 1.54) is 5.56 Å². The van der Waals surface area contributed by atoms with Crippen LogP contribution in [0.5, 0.6) is 0 Å². The zero-order valence-corrected chi connectivity index (χ0v) is 13.2. The summed E-state index contributed by atoms with van der Waals surface area (Å²) in [6.07, 6.45) is 3.58. The van der Waals surface area contributed by atoms with Crippen LogP contribution in [0.15, 0.2) is 30.6 Å². The van der Waals surface area contributed by atoms with E-state index in [2.05, 4.69) is 45.1 Å².